The zero-order valence-electron chi connectivity index (χ0n) is 18.4. The van der Waals surface area contributed by atoms with Gasteiger partial charge in [0.25, 0.3) is 0 Å². The minimum Gasteiger partial charge on any atom is -0.459 e. The Morgan fingerprint density at radius 3 is 2.37 bits per heavy atom. The van der Waals surface area contributed by atoms with Gasteiger partial charge in [-0.15, -0.1) is 0 Å². The van der Waals surface area contributed by atoms with Crippen LogP contribution in [0.25, 0.3) is 11.2 Å². The number of carbonyl (C=O) groups is 2. The average molecular weight is 475 g/mol. The van der Waals surface area contributed by atoms with Gasteiger partial charge in [0, 0.05) is 6.42 Å². The maximum atomic E-state index is 12.4. The number of nitrogens with zero attached hydrogens (tertiary/aromatic N) is 4. The van der Waals surface area contributed by atoms with Crippen molar-refractivity contribution in [1.29, 1.82) is 0 Å². The van der Waals surface area contributed by atoms with Crippen LogP contribution >= 0.6 is 0 Å². The molecule has 4 aromatic rings. The van der Waals surface area contributed by atoms with Crippen LogP contribution in [-0.4, -0.2) is 55.4 Å². The van der Waals surface area contributed by atoms with Crippen molar-refractivity contribution >= 4 is 28.9 Å². The molecule has 178 valence electrons. The maximum absolute atomic E-state index is 12.4. The molecule has 3 heterocycles. The van der Waals surface area contributed by atoms with Gasteiger partial charge in [0.1, 0.15) is 18.9 Å². The molecule has 0 unspecified atom stereocenters. The summed E-state index contributed by atoms with van der Waals surface area (Å²) in [5, 5.41) is 10.5. The van der Waals surface area contributed by atoms with E-state index in [1.54, 1.807) is 65.2 Å². The standard InChI is InChI=1S/C24H21N5O6/c25-20-19-21(28-24(27-20)35-23(32)15-9-5-2-6-10-15)29(13-26-19)18-11-16(30)17(34-18)12-33-22(31)14-7-3-1-4-8-14/h1-10,13,16-18,30H,11-12H2,(H2,25,27,28)/t16-,17+,18+/m0/s1. The summed E-state index contributed by atoms with van der Waals surface area (Å²) in [5.41, 5.74) is 7.31. The summed E-state index contributed by atoms with van der Waals surface area (Å²) in [6.45, 7) is -0.130. The van der Waals surface area contributed by atoms with Gasteiger partial charge in [0.15, 0.2) is 17.0 Å². The molecule has 35 heavy (non-hydrogen) atoms. The Kier molecular flexibility index (Phi) is 6.08. The number of aromatic nitrogens is 4. The van der Waals surface area contributed by atoms with Crippen LogP contribution in [0.15, 0.2) is 67.0 Å². The molecular weight excluding hydrogens is 454 g/mol. The Bertz CT molecular complexity index is 1360. The lowest BCUT2D eigenvalue weighted by Crippen LogP contribution is -2.28. The number of aliphatic hydroxyl groups excluding tert-OH is 1. The molecule has 1 aliphatic rings. The highest BCUT2D eigenvalue weighted by molar-refractivity contribution is 5.91. The molecule has 1 saturated heterocycles. The number of anilines is 1. The molecule has 3 atom stereocenters. The van der Waals surface area contributed by atoms with Gasteiger partial charge in [-0.1, -0.05) is 36.4 Å². The number of aliphatic hydroxyl groups is 1. The number of nitrogens with two attached hydrogens (primary N) is 1. The van der Waals surface area contributed by atoms with E-state index in [9.17, 15) is 14.7 Å². The zero-order valence-corrected chi connectivity index (χ0v) is 18.4. The third-order valence-corrected chi connectivity index (χ3v) is 5.52. The molecule has 2 aromatic heterocycles. The third kappa shape index (κ3) is 4.67. The third-order valence-electron chi connectivity index (χ3n) is 5.52. The molecule has 0 radical (unpaired) electrons. The minimum atomic E-state index is -0.893. The van der Waals surface area contributed by atoms with Crippen LogP contribution < -0.4 is 10.5 Å². The number of hydrogen-bond acceptors (Lipinski definition) is 10. The average Bonchev–Trinajstić information content (AvgIpc) is 3.47. The molecule has 0 bridgehead atoms. The van der Waals surface area contributed by atoms with Crippen LogP contribution in [0, 0.1) is 0 Å². The Labute approximate surface area is 199 Å². The van der Waals surface area contributed by atoms with Gasteiger partial charge in [0.2, 0.25) is 0 Å². The van der Waals surface area contributed by atoms with Crippen molar-refractivity contribution in [3.05, 3.63) is 78.1 Å². The molecule has 0 aliphatic carbocycles. The van der Waals surface area contributed by atoms with Crippen molar-refractivity contribution in [3.8, 4) is 6.01 Å². The van der Waals surface area contributed by atoms with Crippen molar-refractivity contribution in [2.75, 3.05) is 12.3 Å². The zero-order chi connectivity index (χ0) is 24.4. The van der Waals surface area contributed by atoms with E-state index in [1.807, 2.05) is 0 Å². The largest absolute Gasteiger partial charge is 0.459 e. The first-order chi connectivity index (χ1) is 17.0. The molecule has 2 aromatic carbocycles. The highest BCUT2D eigenvalue weighted by atomic mass is 16.6. The molecule has 3 N–H and O–H groups in total. The van der Waals surface area contributed by atoms with Gasteiger partial charge in [-0.2, -0.15) is 9.97 Å². The number of nitrogen functional groups attached to an aromatic ring is 1. The van der Waals surface area contributed by atoms with Gasteiger partial charge in [0.05, 0.1) is 23.6 Å². The summed E-state index contributed by atoms with van der Waals surface area (Å²) in [4.78, 5) is 37.1. The van der Waals surface area contributed by atoms with Gasteiger partial charge in [-0.3, -0.25) is 4.57 Å². The first-order valence-corrected chi connectivity index (χ1v) is 10.8. The summed E-state index contributed by atoms with van der Waals surface area (Å²) >= 11 is 0. The van der Waals surface area contributed by atoms with E-state index < -0.39 is 30.4 Å². The highest BCUT2D eigenvalue weighted by Gasteiger charge is 2.37. The Morgan fingerprint density at radius 1 is 1.03 bits per heavy atom. The summed E-state index contributed by atoms with van der Waals surface area (Å²) in [6, 6.07) is 16.7. The predicted octanol–water partition coefficient (Wildman–Crippen LogP) is 2.13. The van der Waals surface area contributed by atoms with Crippen molar-refractivity contribution in [1.82, 2.24) is 19.5 Å². The number of imidazole rings is 1. The highest BCUT2D eigenvalue weighted by Crippen LogP contribution is 2.32. The number of fused-ring (bicyclic) bond motifs is 1. The second-order valence-corrected chi connectivity index (χ2v) is 7.87. The van der Waals surface area contributed by atoms with E-state index in [0.717, 1.165) is 0 Å². The van der Waals surface area contributed by atoms with Crippen LogP contribution in [0.1, 0.15) is 33.4 Å². The molecule has 11 nitrogen and oxygen atoms in total. The topological polar surface area (TPSA) is 152 Å². The molecule has 0 spiro atoms. The lowest BCUT2D eigenvalue weighted by molar-refractivity contribution is -0.0509. The smallest absolute Gasteiger partial charge is 0.345 e. The first-order valence-electron chi connectivity index (χ1n) is 10.8. The second-order valence-electron chi connectivity index (χ2n) is 7.87. The number of hydrogen-bond donors (Lipinski definition) is 2. The van der Waals surface area contributed by atoms with E-state index in [2.05, 4.69) is 15.0 Å². The Hall–Kier alpha value is -4.35. The van der Waals surface area contributed by atoms with Crippen molar-refractivity contribution in [2.24, 2.45) is 0 Å². The van der Waals surface area contributed by atoms with E-state index >= 15 is 0 Å². The molecule has 0 amide bonds. The second kappa shape index (κ2) is 9.49. The molecular formula is C24H21N5O6. The monoisotopic (exact) mass is 475 g/mol. The SMILES string of the molecule is Nc1nc(OC(=O)c2ccccc2)nc2c1ncn2[C@H]1C[C@H](O)[C@@H](COC(=O)c2ccccc2)O1. The number of ether oxygens (including phenoxy) is 3. The fraction of sp³-hybridized carbons (Fsp3) is 0.208. The molecule has 1 aliphatic heterocycles. The van der Waals surface area contributed by atoms with Gasteiger partial charge in [-0.25, -0.2) is 14.6 Å². The van der Waals surface area contributed by atoms with Gasteiger partial charge in [-0.05, 0) is 24.3 Å². The summed E-state index contributed by atoms with van der Waals surface area (Å²) in [5.74, 6) is -1.12. The molecule has 11 heteroatoms. The van der Waals surface area contributed by atoms with Gasteiger partial charge < -0.3 is 25.1 Å². The van der Waals surface area contributed by atoms with Crippen molar-refractivity contribution in [3.63, 3.8) is 0 Å². The molecule has 5 rings (SSSR count). The molecule has 0 saturated carbocycles. The van der Waals surface area contributed by atoms with E-state index in [-0.39, 0.29) is 30.5 Å². The minimum absolute atomic E-state index is 0.0245. The normalized spacial score (nSPS) is 19.5. The van der Waals surface area contributed by atoms with E-state index in [4.69, 9.17) is 19.9 Å². The first kappa shape index (κ1) is 22.4. The lowest BCUT2D eigenvalue weighted by atomic mass is 10.2. The number of carbonyl (C=O) groups excluding carboxylic acids is 2. The summed E-state index contributed by atoms with van der Waals surface area (Å²) in [6.07, 6.45) is -0.659. The van der Waals surface area contributed by atoms with Crippen molar-refractivity contribution in [2.45, 2.75) is 24.9 Å². The van der Waals surface area contributed by atoms with Gasteiger partial charge >= 0.3 is 17.9 Å². The number of benzene rings is 2. The van der Waals surface area contributed by atoms with Crippen molar-refractivity contribution < 1.29 is 28.9 Å². The predicted molar refractivity (Wildman–Crippen MR) is 122 cm³/mol. The summed E-state index contributed by atoms with van der Waals surface area (Å²) in [7, 11) is 0. The molecule has 1 fully saturated rings. The maximum Gasteiger partial charge on any atom is 0.345 e. The number of rotatable bonds is 6. The Balaban J connectivity index is 1.31. The van der Waals surface area contributed by atoms with Crippen LogP contribution in [0.4, 0.5) is 5.82 Å². The summed E-state index contributed by atoms with van der Waals surface area (Å²) < 4.78 is 18.1. The van der Waals surface area contributed by atoms with Crippen LogP contribution in [0.3, 0.4) is 0 Å². The van der Waals surface area contributed by atoms with Crippen LogP contribution in [0.5, 0.6) is 6.01 Å². The van der Waals surface area contributed by atoms with Crippen LogP contribution in [-0.2, 0) is 9.47 Å². The number of esters is 2. The lowest BCUT2D eigenvalue weighted by Gasteiger charge is -2.16. The quantitative estimate of drug-likeness (QED) is 0.397. The van der Waals surface area contributed by atoms with Crippen LogP contribution in [0.2, 0.25) is 0 Å². The van der Waals surface area contributed by atoms with E-state index in [0.29, 0.717) is 16.6 Å². The fourth-order valence-electron chi connectivity index (χ4n) is 3.74. The van der Waals surface area contributed by atoms with E-state index in [1.165, 1.54) is 6.33 Å². The fourth-order valence-corrected chi connectivity index (χ4v) is 3.74. The Morgan fingerprint density at radius 2 is 1.69 bits per heavy atom.